The Morgan fingerprint density at radius 1 is 1.26 bits per heavy atom. The van der Waals surface area contributed by atoms with Gasteiger partial charge in [-0.05, 0) is 30.5 Å². The Morgan fingerprint density at radius 2 is 2.00 bits per heavy atom. The highest BCUT2D eigenvalue weighted by Gasteiger charge is 2.14. The lowest BCUT2D eigenvalue weighted by molar-refractivity contribution is 0.498. The Balaban J connectivity index is 2.35. The Hall–Kier alpha value is -1.03. The maximum atomic E-state index is 6.23. The molecule has 1 unspecified atom stereocenters. The summed E-state index contributed by atoms with van der Waals surface area (Å²) in [5.74, 6) is 0.534. The van der Waals surface area contributed by atoms with Gasteiger partial charge in [0.1, 0.15) is 0 Å². The topological polar surface area (TPSA) is 43.8 Å². The molecule has 19 heavy (non-hydrogen) atoms. The van der Waals surface area contributed by atoms with Gasteiger partial charge in [-0.2, -0.15) is 0 Å². The van der Waals surface area contributed by atoms with E-state index in [9.17, 15) is 0 Å². The van der Waals surface area contributed by atoms with E-state index in [0.717, 1.165) is 17.8 Å². The van der Waals surface area contributed by atoms with Crippen molar-refractivity contribution in [2.24, 2.45) is 11.7 Å². The highest BCUT2D eigenvalue weighted by Crippen LogP contribution is 2.27. The van der Waals surface area contributed by atoms with Crippen LogP contribution in [-0.4, -0.2) is 9.55 Å². The number of benzene rings is 1. The fraction of sp³-hybridized carbons (Fsp3) is 0.357. The smallest absolute Gasteiger partial charge is 0.0994 e. The molecule has 0 amide bonds. The van der Waals surface area contributed by atoms with Crippen LogP contribution in [0.5, 0.6) is 0 Å². The van der Waals surface area contributed by atoms with Gasteiger partial charge in [0.2, 0.25) is 0 Å². The predicted octanol–water partition coefficient (Wildman–Crippen LogP) is 4.23. The van der Waals surface area contributed by atoms with E-state index in [1.54, 1.807) is 18.6 Å². The average Bonchev–Trinajstić information content (AvgIpc) is 2.81. The summed E-state index contributed by atoms with van der Waals surface area (Å²) in [7, 11) is 0. The second-order valence-electron chi connectivity index (χ2n) is 5.02. The fourth-order valence-electron chi connectivity index (χ4n) is 2.06. The number of nitrogens with zero attached hydrogens (tertiary/aromatic N) is 2. The summed E-state index contributed by atoms with van der Waals surface area (Å²) in [5.41, 5.74) is 8.12. The van der Waals surface area contributed by atoms with Crippen molar-refractivity contribution in [1.82, 2.24) is 9.55 Å². The van der Waals surface area contributed by atoms with Gasteiger partial charge in [-0.3, -0.25) is 0 Å². The average molecular weight is 298 g/mol. The van der Waals surface area contributed by atoms with E-state index in [2.05, 4.69) is 18.8 Å². The maximum Gasteiger partial charge on any atom is 0.0994 e. The van der Waals surface area contributed by atoms with Crippen molar-refractivity contribution < 1.29 is 0 Å². The molecule has 2 aromatic rings. The van der Waals surface area contributed by atoms with Crippen molar-refractivity contribution in [3.05, 3.63) is 46.5 Å². The number of aromatic nitrogens is 2. The Labute approximate surface area is 123 Å². The Morgan fingerprint density at radius 3 is 2.63 bits per heavy atom. The van der Waals surface area contributed by atoms with Crippen molar-refractivity contribution >= 4 is 23.2 Å². The van der Waals surface area contributed by atoms with Gasteiger partial charge in [0.15, 0.2) is 0 Å². The minimum absolute atomic E-state index is 0.0445. The largest absolute Gasteiger partial charge is 0.323 e. The molecule has 0 aliphatic heterocycles. The van der Waals surface area contributed by atoms with Gasteiger partial charge >= 0.3 is 0 Å². The maximum absolute atomic E-state index is 6.23. The molecule has 2 rings (SSSR count). The lowest BCUT2D eigenvalue weighted by Gasteiger charge is -2.16. The van der Waals surface area contributed by atoms with Crippen LogP contribution in [0.15, 0.2) is 30.7 Å². The minimum Gasteiger partial charge on any atom is -0.323 e. The molecular weight excluding hydrogens is 281 g/mol. The fourth-order valence-corrected chi connectivity index (χ4v) is 2.35. The van der Waals surface area contributed by atoms with E-state index in [0.29, 0.717) is 16.0 Å². The number of imidazole rings is 1. The molecule has 102 valence electrons. The molecule has 0 fully saturated rings. The highest BCUT2D eigenvalue weighted by molar-refractivity contribution is 6.42. The number of nitrogens with two attached hydrogens (primary N) is 1. The molecule has 0 spiro atoms. The quantitative estimate of drug-likeness (QED) is 0.918. The lowest BCUT2D eigenvalue weighted by Crippen LogP contribution is -2.16. The number of rotatable bonds is 4. The predicted molar refractivity (Wildman–Crippen MR) is 80.0 cm³/mol. The molecule has 0 aliphatic rings. The standard InChI is InChI=1S/C14H17Cl2N3/c1-9(2)5-13(17)14-7-18-8-19(14)10-3-4-11(15)12(16)6-10/h3-4,6-9,13H,5,17H2,1-2H3. The molecular formula is C14H17Cl2N3. The van der Waals surface area contributed by atoms with E-state index in [1.165, 1.54) is 0 Å². The van der Waals surface area contributed by atoms with E-state index in [4.69, 9.17) is 28.9 Å². The first-order valence-electron chi connectivity index (χ1n) is 6.22. The van der Waals surface area contributed by atoms with Crippen LogP contribution in [0.2, 0.25) is 10.0 Å². The van der Waals surface area contributed by atoms with Crippen molar-refractivity contribution in [3.8, 4) is 5.69 Å². The minimum atomic E-state index is -0.0445. The monoisotopic (exact) mass is 297 g/mol. The van der Waals surface area contributed by atoms with E-state index < -0.39 is 0 Å². The zero-order valence-corrected chi connectivity index (χ0v) is 12.5. The molecule has 3 nitrogen and oxygen atoms in total. The molecule has 1 aromatic heterocycles. The second kappa shape index (κ2) is 5.95. The zero-order valence-electron chi connectivity index (χ0n) is 11.0. The third-order valence-electron chi connectivity index (χ3n) is 2.95. The normalized spacial score (nSPS) is 12.9. The van der Waals surface area contributed by atoms with Gasteiger partial charge < -0.3 is 10.3 Å². The van der Waals surface area contributed by atoms with Crippen LogP contribution in [-0.2, 0) is 0 Å². The van der Waals surface area contributed by atoms with Gasteiger partial charge in [-0.15, -0.1) is 0 Å². The van der Waals surface area contributed by atoms with Gasteiger partial charge in [-0.25, -0.2) is 4.98 Å². The number of hydrogen-bond donors (Lipinski definition) is 1. The second-order valence-corrected chi connectivity index (χ2v) is 5.84. The number of halogens is 2. The van der Waals surface area contributed by atoms with Crippen molar-refractivity contribution in [2.75, 3.05) is 0 Å². The van der Waals surface area contributed by atoms with Crippen molar-refractivity contribution in [1.29, 1.82) is 0 Å². The molecule has 5 heteroatoms. The van der Waals surface area contributed by atoms with E-state index >= 15 is 0 Å². The summed E-state index contributed by atoms with van der Waals surface area (Å²) in [5, 5.41) is 1.06. The molecule has 0 bridgehead atoms. The van der Waals surface area contributed by atoms with Crippen LogP contribution in [0.3, 0.4) is 0 Å². The molecule has 2 N–H and O–H groups in total. The molecule has 0 radical (unpaired) electrons. The molecule has 0 saturated carbocycles. The van der Waals surface area contributed by atoms with Gasteiger partial charge in [-0.1, -0.05) is 37.0 Å². The van der Waals surface area contributed by atoms with Crippen LogP contribution in [0, 0.1) is 5.92 Å². The summed E-state index contributed by atoms with van der Waals surface area (Å²) in [6.45, 7) is 4.31. The summed E-state index contributed by atoms with van der Waals surface area (Å²) in [6.07, 6.45) is 4.46. The van der Waals surface area contributed by atoms with E-state index in [1.807, 2.05) is 16.7 Å². The van der Waals surface area contributed by atoms with Crippen LogP contribution in [0.4, 0.5) is 0 Å². The first-order chi connectivity index (χ1) is 8.99. The first kappa shape index (κ1) is 14.4. The third kappa shape index (κ3) is 3.30. The van der Waals surface area contributed by atoms with Crippen LogP contribution in [0.1, 0.15) is 32.0 Å². The highest BCUT2D eigenvalue weighted by atomic mass is 35.5. The van der Waals surface area contributed by atoms with Crippen LogP contribution >= 0.6 is 23.2 Å². The lowest BCUT2D eigenvalue weighted by atomic mass is 10.0. The Bertz CT molecular complexity index is 564. The van der Waals surface area contributed by atoms with E-state index in [-0.39, 0.29) is 6.04 Å². The summed E-state index contributed by atoms with van der Waals surface area (Å²) >= 11 is 12.0. The first-order valence-corrected chi connectivity index (χ1v) is 6.98. The van der Waals surface area contributed by atoms with Gasteiger partial charge in [0, 0.05) is 11.7 Å². The molecule has 1 heterocycles. The SMILES string of the molecule is CC(C)CC(N)c1cncn1-c1ccc(Cl)c(Cl)c1. The molecule has 1 aromatic carbocycles. The van der Waals surface area contributed by atoms with Crippen LogP contribution < -0.4 is 5.73 Å². The summed E-state index contributed by atoms with van der Waals surface area (Å²) in [6, 6.07) is 5.45. The van der Waals surface area contributed by atoms with Crippen molar-refractivity contribution in [3.63, 3.8) is 0 Å². The van der Waals surface area contributed by atoms with Gasteiger partial charge in [0.25, 0.3) is 0 Å². The third-order valence-corrected chi connectivity index (χ3v) is 3.69. The number of hydrogen-bond acceptors (Lipinski definition) is 2. The summed E-state index contributed by atoms with van der Waals surface area (Å²) in [4.78, 5) is 4.19. The van der Waals surface area contributed by atoms with Crippen molar-refractivity contribution in [2.45, 2.75) is 26.3 Å². The molecule has 1 atom stereocenters. The van der Waals surface area contributed by atoms with Crippen LogP contribution in [0.25, 0.3) is 5.69 Å². The summed E-state index contributed by atoms with van der Waals surface area (Å²) < 4.78 is 1.95. The zero-order chi connectivity index (χ0) is 14.0. The molecule has 0 aliphatic carbocycles. The Kier molecular flexibility index (Phi) is 4.50. The van der Waals surface area contributed by atoms with Gasteiger partial charge in [0.05, 0.1) is 28.3 Å². The molecule has 0 saturated heterocycles.